The van der Waals surface area contributed by atoms with Crippen LogP contribution in [-0.2, 0) is 0 Å². The number of para-hydroxylation sites is 2. The number of benzene rings is 10. The first-order valence-corrected chi connectivity index (χ1v) is 20.7. The summed E-state index contributed by atoms with van der Waals surface area (Å²) in [5.41, 5.74) is 15.9. The van der Waals surface area contributed by atoms with E-state index in [4.69, 9.17) is 8.83 Å². The van der Waals surface area contributed by atoms with Crippen molar-refractivity contribution in [3.8, 4) is 44.5 Å². The van der Waals surface area contributed by atoms with E-state index in [1.165, 1.54) is 27.8 Å². The molecule has 0 fully saturated rings. The SMILES string of the molecule is c1ccc(-c2ccc(-c3cc4c(oc5cccc(N(c6ccc(-c7ccccc7)cc6)c6ccc(-c7cccc8c7oc7ccccc78)cc6)c54)c4ccccc34)cc2)cc1. The Morgan fingerprint density at radius 2 is 0.738 bits per heavy atom. The predicted molar refractivity (Wildman–Crippen MR) is 255 cm³/mol. The summed E-state index contributed by atoms with van der Waals surface area (Å²) in [5.74, 6) is 0. The fraction of sp³-hybridized carbons (Fsp3) is 0. The van der Waals surface area contributed by atoms with E-state index in [0.717, 1.165) is 88.4 Å². The molecule has 12 aromatic rings. The van der Waals surface area contributed by atoms with Crippen LogP contribution < -0.4 is 4.90 Å². The summed E-state index contributed by atoms with van der Waals surface area (Å²) < 4.78 is 13.3. The van der Waals surface area contributed by atoms with Gasteiger partial charge >= 0.3 is 0 Å². The zero-order valence-electron chi connectivity index (χ0n) is 33.1. The van der Waals surface area contributed by atoms with Crippen molar-refractivity contribution < 1.29 is 8.83 Å². The van der Waals surface area contributed by atoms with Crippen LogP contribution in [0.15, 0.2) is 233 Å². The van der Waals surface area contributed by atoms with Crippen LogP contribution in [0.25, 0.3) is 99.2 Å². The van der Waals surface area contributed by atoms with Crippen LogP contribution in [0, 0.1) is 0 Å². The van der Waals surface area contributed by atoms with Gasteiger partial charge in [-0.25, -0.2) is 0 Å². The molecule has 0 N–H and O–H groups in total. The second kappa shape index (κ2) is 14.3. The number of rotatable bonds is 7. The summed E-state index contributed by atoms with van der Waals surface area (Å²) in [5, 5.41) is 6.63. The van der Waals surface area contributed by atoms with Crippen molar-refractivity contribution in [1.29, 1.82) is 0 Å². The van der Waals surface area contributed by atoms with E-state index in [0.29, 0.717) is 0 Å². The third-order valence-corrected chi connectivity index (χ3v) is 12.1. The summed E-state index contributed by atoms with van der Waals surface area (Å²) >= 11 is 0. The van der Waals surface area contributed by atoms with Gasteiger partial charge in [0.15, 0.2) is 0 Å². The van der Waals surface area contributed by atoms with Crippen molar-refractivity contribution in [2.45, 2.75) is 0 Å². The van der Waals surface area contributed by atoms with Crippen molar-refractivity contribution in [3.63, 3.8) is 0 Å². The average molecular weight is 780 g/mol. The fourth-order valence-electron chi connectivity index (χ4n) is 9.15. The van der Waals surface area contributed by atoms with Gasteiger partial charge in [-0.05, 0) is 92.9 Å². The van der Waals surface area contributed by atoms with E-state index in [2.05, 4.69) is 217 Å². The molecular formula is C58H37NO2. The molecule has 10 aromatic carbocycles. The number of hydrogen-bond donors (Lipinski definition) is 0. The first kappa shape index (κ1) is 34.9. The van der Waals surface area contributed by atoms with Gasteiger partial charge in [-0.3, -0.25) is 0 Å². The zero-order valence-corrected chi connectivity index (χ0v) is 33.1. The highest BCUT2D eigenvalue weighted by Gasteiger charge is 2.22. The van der Waals surface area contributed by atoms with Crippen LogP contribution in [0.1, 0.15) is 0 Å². The minimum atomic E-state index is 0.841. The largest absolute Gasteiger partial charge is 0.455 e. The van der Waals surface area contributed by atoms with E-state index in [-0.39, 0.29) is 0 Å². The molecule has 0 atom stereocenters. The lowest BCUT2D eigenvalue weighted by atomic mass is 9.93. The Morgan fingerprint density at radius 1 is 0.279 bits per heavy atom. The molecule has 2 aromatic heterocycles. The normalized spacial score (nSPS) is 11.6. The van der Waals surface area contributed by atoms with Crippen LogP contribution in [0.2, 0.25) is 0 Å². The number of nitrogens with zero attached hydrogens (tertiary/aromatic N) is 1. The van der Waals surface area contributed by atoms with Crippen LogP contribution in [0.4, 0.5) is 17.1 Å². The van der Waals surface area contributed by atoms with Crippen LogP contribution >= 0.6 is 0 Å². The zero-order chi connectivity index (χ0) is 40.3. The molecule has 0 aliphatic heterocycles. The van der Waals surface area contributed by atoms with Crippen molar-refractivity contribution in [1.82, 2.24) is 0 Å². The molecule has 2 heterocycles. The molecule has 286 valence electrons. The number of anilines is 3. The maximum atomic E-state index is 6.88. The lowest BCUT2D eigenvalue weighted by Gasteiger charge is -2.26. The Hall–Kier alpha value is -8.14. The van der Waals surface area contributed by atoms with Gasteiger partial charge in [-0.2, -0.15) is 0 Å². The van der Waals surface area contributed by atoms with Crippen molar-refractivity contribution in [2.75, 3.05) is 4.90 Å². The van der Waals surface area contributed by atoms with Gasteiger partial charge in [0.2, 0.25) is 0 Å². The average Bonchev–Trinajstić information content (AvgIpc) is 3.92. The Labute approximate surface area is 353 Å². The highest BCUT2D eigenvalue weighted by atomic mass is 16.3. The van der Waals surface area contributed by atoms with E-state index < -0.39 is 0 Å². The number of furan rings is 2. The summed E-state index contributed by atoms with van der Waals surface area (Å²) in [4.78, 5) is 2.36. The second-order valence-corrected chi connectivity index (χ2v) is 15.6. The van der Waals surface area contributed by atoms with Crippen LogP contribution in [0.5, 0.6) is 0 Å². The number of fused-ring (bicyclic) bond motifs is 8. The molecule has 3 nitrogen and oxygen atoms in total. The Bertz CT molecular complexity index is 3550. The minimum absolute atomic E-state index is 0.841. The molecule has 0 saturated heterocycles. The molecule has 0 unspecified atom stereocenters. The minimum Gasteiger partial charge on any atom is -0.455 e. The molecule has 0 spiro atoms. The molecule has 0 bridgehead atoms. The van der Waals surface area contributed by atoms with E-state index in [9.17, 15) is 0 Å². The molecule has 12 rings (SSSR count). The first-order valence-electron chi connectivity index (χ1n) is 20.7. The van der Waals surface area contributed by atoms with Gasteiger partial charge < -0.3 is 13.7 Å². The lowest BCUT2D eigenvalue weighted by molar-refractivity contribution is 0.670. The van der Waals surface area contributed by atoms with Gasteiger partial charge in [-0.15, -0.1) is 0 Å². The highest BCUT2D eigenvalue weighted by Crippen LogP contribution is 2.47. The van der Waals surface area contributed by atoms with Gasteiger partial charge in [0.1, 0.15) is 22.3 Å². The number of hydrogen-bond acceptors (Lipinski definition) is 3. The van der Waals surface area contributed by atoms with Gasteiger partial charge in [0.05, 0.1) is 11.1 Å². The fourth-order valence-corrected chi connectivity index (χ4v) is 9.15. The molecule has 0 aliphatic carbocycles. The topological polar surface area (TPSA) is 29.5 Å². The third-order valence-electron chi connectivity index (χ3n) is 12.1. The van der Waals surface area contributed by atoms with Crippen LogP contribution in [0.3, 0.4) is 0 Å². The maximum absolute atomic E-state index is 6.88. The predicted octanol–water partition coefficient (Wildman–Crippen LogP) is 16.8. The highest BCUT2D eigenvalue weighted by molar-refractivity contribution is 6.22. The van der Waals surface area contributed by atoms with E-state index in [1.54, 1.807) is 0 Å². The molecule has 0 radical (unpaired) electrons. The summed E-state index contributed by atoms with van der Waals surface area (Å²) in [6.45, 7) is 0. The molecule has 0 saturated carbocycles. The Balaban J connectivity index is 1.04. The van der Waals surface area contributed by atoms with Crippen molar-refractivity contribution in [2.24, 2.45) is 0 Å². The first-order chi connectivity index (χ1) is 30.2. The van der Waals surface area contributed by atoms with Gasteiger partial charge in [-0.1, -0.05) is 176 Å². The quantitative estimate of drug-likeness (QED) is 0.161. The molecular weight excluding hydrogens is 743 g/mol. The second-order valence-electron chi connectivity index (χ2n) is 15.6. The summed E-state index contributed by atoms with van der Waals surface area (Å²) in [6, 6.07) is 79.8. The molecule has 0 amide bonds. The van der Waals surface area contributed by atoms with Crippen molar-refractivity contribution in [3.05, 3.63) is 224 Å². The summed E-state index contributed by atoms with van der Waals surface area (Å²) in [6.07, 6.45) is 0. The van der Waals surface area contributed by atoms with E-state index >= 15 is 0 Å². The maximum Gasteiger partial charge on any atom is 0.143 e. The van der Waals surface area contributed by atoms with Gasteiger partial charge in [0.25, 0.3) is 0 Å². The smallest absolute Gasteiger partial charge is 0.143 e. The molecule has 61 heavy (non-hydrogen) atoms. The summed E-state index contributed by atoms with van der Waals surface area (Å²) in [7, 11) is 0. The standard InChI is InChI=1S/C58H37NO2/c1-3-13-38(14-4-1)40-25-27-43(28-26-40)51-37-52-56-53(22-12-24-55(56)61-58(52)49-19-8-7-17-47(49)51)59(44-33-29-41(30-34-44)39-15-5-2-6-16-39)45-35-31-42(32-36-45)46-20-11-21-50-48-18-9-10-23-54(48)60-57(46)50/h1-37H. The Morgan fingerprint density at radius 3 is 1.43 bits per heavy atom. The molecule has 0 aliphatic rings. The van der Waals surface area contributed by atoms with Gasteiger partial charge in [0, 0.05) is 38.5 Å². The monoisotopic (exact) mass is 779 g/mol. The Kier molecular flexibility index (Phi) is 8.17. The van der Waals surface area contributed by atoms with Crippen LogP contribution in [-0.4, -0.2) is 0 Å². The lowest BCUT2D eigenvalue weighted by Crippen LogP contribution is -2.10. The van der Waals surface area contributed by atoms with E-state index in [1.807, 2.05) is 12.1 Å². The van der Waals surface area contributed by atoms with Crippen molar-refractivity contribution >= 4 is 71.7 Å². The molecule has 3 heteroatoms. The third kappa shape index (κ3) is 5.90.